The average Bonchev–Trinajstić information content (AvgIpc) is 3.24. The fourth-order valence-corrected chi connectivity index (χ4v) is 2.43. The number of carboxylic acids is 1. The van der Waals surface area contributed by atoms with Gasteiger partial charge >= 0.3 is 5.97 Å². The Hall–Kier alpha value is -1.84. The molecular weight excluding hydrogens is 254 g/mol. The Morgan fingerprint density at radius 3 is 2.45 bits per heavy atom. The highest BCUT2D eigenvalue weighted by Gasteiger charge is 2.48. The molecule has 2 rings (SSSR count). The van der Waals surface area contributed by atoms with Crippen LogP contribution in [0.1, 0.15) is 32.3 Å². The molecule has 20 heavy (non-hydrogen) atoms. The van der Waals surface area contributed by atoms with E-state index in [2.05, 4.69) is 5.32 Å². The van der Waals surface area contributed by atoms with E-state index in [1.807, 2.05) is 37.3 Å². The molecule has 1 aromatic carbocycles. The van der Waals surface area contributed by atoms with Gasteiger partial charge in [-0.25, -0.2) is 4.79 Å². The van der Waals surface area contributed by atoms with E-state index in [1.54, 1.807) is 6.92 Å². The Morgan fingerprint density at radius 2 is 1.95 bits per heavy atom. The summed E-state index contributed by atoms with van der Waals surface area (Å²) in [5, 5.41) is 12.1. The quantitative estimate of drug-likeness (QED) is 0.836. The molecule has 0 bridgehead atoms. The molecule has 1 aliphatic carbocycles. The van der Waals surface area contributed by atoms with Crippen LogP contribution < -0.4 is 5.32 Å². The number of hydrogen-bond acceptors (Lipinski definition) is 2. The zero-order valence-corrected chi connectivity index (χ0v) is 11.9. The predicted octanol–water partition coefficient (Wildman–Crippen LogP) is 2.23. The molecule has 0 spiro atoms. The highest BCUT2D eigenvalue weighted by molar-refractivity contribution is 5.88. The van der Waals surface area contributed by atoms with Crippen LogP contribution in [-0.4, -0.2) is 22.5 Å². The van der Waals surface area contributed by atoms with Crippen molar-refractivity contribution in [3.05, 3.63) is 35.9 Å². The van der Waals surface area contributed by atoms with Crippen molar-refractivity contribution < 1.29 is 14.7 Å². The molecule has 2 atom stereocenters. The second kappa shape index (κ2) is 5.65. The van der Waals surface area contributed by atoms with Crippen LogP contribution >= 0.6 is 0 Å². The summed E-state index contributed by atoms with van der Waals surface area (Å²) in [6.07, 6.45) is 2.36. The standard InChI is InChI=1S/C16H21NO3/c1-11(10-12-6-4-3-5-7-12)14(18)17-16(2,15(19)20)13-8-9-13/h3-7,11,13H,8-10H2,1-2H3,(H,17,18)(H,19,20)/t11-,16-/m0/s1. The normalized spacial score (nSPS) is 18.9. The summed E-state index contributed by atoms with van der Waals surface area (Å²) in [4.78, 5) is 23.6. The molecule has 1 saturated carbocycles. The van der Waals surface area contributed by atoms with Gasteiger partial charge in [0.15, 0.2) is 0 Å². The summed E-state index contributed by atoms with van der Waals surface area (Å²) in [6, 6.07) is 9.75. The first kappa shape index (κ1) is 14.6. The Morgan fingerprint density at radius 1 is 1.35 bits per heavy atom. The topological polar surface area (TPSA) is 66.4 Å². The number of rotatable bonds is 6. The molecule has 0 aromatic heterocycles. The van der Waals surface area contributed by atoms with Gasteiger partial charge in [-0.3, -0.25) is 4.79 Å². The van der Waals surface area contributed by atoms with Crippen molar-refractivity contribution in [2.24, 2.45) is 11.8 Å². The predicted molar refractivity (Wildman–Crippen MR) is 76.2 cm³/mol. The van der Waals surface area contributed by atoms with Crippen molar-refractivity contribution in [3.63, 3.8) is 0 Å². The average molecular weight is 275 g/mol. The van der Waals surface area contributed by atoms with Crippen molar-refractivity contribution in [2.45, 2.75) is 38.6 Å². The maximum Gasteiger partial charge on any atom is 0.329 e. The fourth-order valence-electron chi connectivity index (χ4n) is 2.43. The van der Waals surface area contributed by atoms with Crippen molar-refractivity contribution >= 4 is 11.9 Å². The summed E-state index contributed by atoms with van der Waals surface area (Å²) in [7, 11) is 0. The van der Waals surface area contributed by atoms with Crippen molar-refractivity contribution in [1.82, 2.24) is 5.32 Å². The highest BCUT2D eigenvalue weighted by Crippen LogP contribution is 2.39. The Balaban J connectivity index is 1.98. The van der Waals surface area contributed by atoms with Crippen LogP contribution in [0.4, 0.5) is 0 Å². The summed E-state index contributed by atoms with van der Waals surface area (Å²) >= 11 is 0. The lowest BCUT2D eigenvalue weighted by Crippen LogP contribution is -2.55. The van der Waals surface area contributed by atoms with Crippen molar-refractivity contribution in [3.8, 4) is 0 Å². The monoisotopic (exact) mass is 275 g/mol. The molecule has 2 N–H and O–H groups in total. The van der Waals surface area contributed by atoms with Gasteiger partial charge in [-0.05, 0) is 37.7 Å². The number of carbonyl (C=O) groups excluding carboxylic acids is 1. The first-order valence-electron chi connectivity index (χ1n) is 7.03. The number of aliphatic carboxylic acids is 1. The molecule has 0 aliphatic heterocycles. The van der Waals surface area contributed by atoms with Crippen LogP contribution in [0, 0.1) is 11.8 Å². The molecule has 1 aromatic rings. The molecule has 4 nitrogen and oxygen atoms in total. The molecule has 0 unspecified atom stereocenters. The van der Waals surface area contributed by atoms with Crippen LogP contribution in [0.25, 0.3) is 0 Å². The minimum absolute atomic E-state index is 0.0628. The lowest BCUT2D eigenvalue weighted by Gasteiger charge is -2.27. The van der Waals surface area contributed by atoms with E-state index in [-0.39, 0.29) is 17.7 Å². The first-order chi connectivity index (χ1) is 9.43. The van der Waals surface area contributed by atoms with E-state index in [9.17, 15) is 14.7 Å². The van der Waals surface area contributed by atoms with Gasteiger partial charge in [0.25, 0.3) is 0 Å². The molecule has 4 heteroatoms. The van der Waals surface area contributed by atoms with E-state index in [0.29, 0.717) is 6.42 Å². The van der Waals surface area contributed by atoms with Crippen LogP contribution in [0.3, 0.4) is 0 Å². The highest BCUT2D eigenvalue weighted by atomic mass is 16.4. The van der Waals surface area contributed by atoms with E-state index < -0.39 is 11.5 Å². The van der Waals surface area contributed by atoms with E-state index >= 15 is 0 Å². The van der Waals surface area contributed by atoms with Gasteiger partial charge in [-0.1, -0.05) is 37.3 Å². The molecule has 1 amide bonds. The van der Waals surface area contributed by atoms with Gasteiger partial charge in [0.05, 0.1) is 0 Å². The molecule has 0 radical (unpaired) electrons. The number of nitrogens with one attached hydrogen (secondary N) is 1. The molecule has 0 saturated heterocycles. The van der Waals surface area contributed by atoms with Crippen molar-refractivity contribution in [1.29, 1.82) is 0 Å². The van der Waals surface area contributed by atoms with Gasteiger partial charge in [0.2, 0.25) is 5.91 Å². The van der Waals surface area contributed by atoms with Gasteiger partial charge in [-0.15, -0.1) is 0 Å². The third-order valence-electron chi connectivity index (χ3n) is 4.05. The second-order valence-corrected chi connectivity index (χ2v) is 5.86. The van der Waals surface area contributed by atoms with Gasteiger partial charge < -0.3 is 10.4 Å². The van der Waals surface area contributed by atoms with Crippen LogP contribution in [0.15, 0.2) is 30.3 Å². The van der Waals surface area contributed by atoms with Crippen molar-refractivity contribution in [2.75, 3.05) is 0 Å². The SMILES string of the molecule is C[C@@H](Cc1ccccc1)C(=O)N[C@](C)(C(=O)O)C1CC1. The molecule has 0 heterocycles. The Bertz CT molecular complexity index is 496. The molecular formula is C16H21NO3. The third kappa shape index (κ3) is 3.18. The summed E-state index contributed by atoms with van der Waals surface area (Å²) < 4.78 is 0. The fraction of sp³-hybridized carbons (Fsp3) is 0.500. The molecule has 1 fully saturated rings. The summed E-state index contributed by atoms with van der Waals surface area (Å²) in [5.74, 6) is -1.31. The zero-order valence-electron chi connectivity index (χ0n) is 11.9. The minimum atomic E-state index is -1.12. The maximum atomic E-state index is 12.2. The van der Waals surface area contributed by atoms with Crippen LogP contribution in [0.5, 0.6) is 0 Å². The summed E-state index contributed by atoms with van der Waals surface area (Å²) in [6.45, 7) is 3.44. The molecule has 1 aliphatic rings. The van der Waals surface area contributed by atoms with E-state index in [0.717, 1.165) is 18.4 Å². The van der Waals surface area contributed by atoms with Crippen LogP contribution in [-0.2, 0) is 16.0 Å². The number of carbonyl (C=O) groups is 2. The summed E-state index contributed by atoms with van der Waals surface area (Å²) in [5.41, 5.74) is -0.0409. The maximum absolute atomic E-state index is 12.2. The number of amides is 1. The second-order valence-electron chi connectivity index (χ2n) is 5.86. The first-order valence-corrected chi connectivity index (χ1v) is 7.03. The third-order valence-corrected chi connectivity index (χ3v) is 4.05. The Kier molecular flexibility index (Phi) is 4.12. The number of benzene rings is 1. The van der Waals surface area contributed by atoms with Gasteiger partial charge in [0, 0.05) is 5.92 Å². The Labute approximate surface area is 119 Å². The lowest BCUT2D eigenvalue weighted by molar-refractivity contribution is -0.148. The van der Waals surface area contributed by atoms with E-state index in [1.165, 1.54) is 0 Å². The van der Waals surface area contributed by atoms with E-state index in [4.69, 9.17) is 0 Å². The van der Waals surface area contributed by atoms with Gasteiger partial charge in [-0.2, -0.15) is 0 Å². The largest absolute Gasteiger partial charge is 0.480 e. The zero-order chi connectivity index (χ0) is 14.8. The number of hydrogen-bond donors (Lipinski definition) is 2. The van der Waals surface area contributed by atoms with Gasteiger partial charge in [0.1, 0.15) is 5.54 Å². The smallest absolute Gasteiger partial charge is 0.329 e. The lowest BCUT2D eigenvalue weighted by atomic mass is 9.93. The minimum Gasteiger partial charge on any atom is -0.480 e. The molecule has 108 valence electrons. The number of carboxylic acid groups (broad SMARTS) is 1. The van der Waals surface area contributed by atoms with Crippen LogP contribution in [0.2, 0.25) is 0 Å².